The highest BCUT2D eigenvalue weighted by molar-refractivity contribution is 7.13. The van der Waals surface area contributed by atoms with E-state index in [-0.39, 0.29) is 11.6 Å². The number of aromatic nitrogens is 3. The fourth-order valence-corrected chi connectivity index (χ4v) is 2.74. The third-order valence-corrected chi connectivity index (χ3v) is 4.14. The topological polar surface area (TPSA) is 92.9 Å². The largest absolute Gasteiger partial charge is 0.370 e. The number of rotatable bonds is 7. The molecule has 0 aliphatic rings. The lowest BCUT2D eigenvalue weighted by Gasteiger charge is -2.06. The maximum atomic E-state index is 12.0. The van der Waals surface area contributed by atoms with Crippen LogP contribution in [0, 0.1) is 6.92 Å². The molecule has 0 radical (unpaired) electrons. The van der Waals surface area contributed by atoms with Crippen LogP contribution in [0.15, 0.2) is 40.5 Å². The molecule has 0 aliphatic carbocycles. The molecule has 0 atom stereocenters. The minimum atomic E-state index is -0.237. The fraction of sp³-hybridized carbons (Fsp3) is 0.250. The summed E-state index contributed by atoms with van der Waals surface area (Å²) < 4.78 is 5.20. The quantitative estimate of drug-likeness (QED) is 0.641. The van der Waals surface area contributed by atoms with Crippen LogP contribution >= 0.6 is 11.3 Å². The van der Waals surface area contributed by atoms with Gasteiger partial charge in [-0.3, -0.25) is 4.79 Å². The molecule has 7 nitrogen and oxygen atoms in total. The minimum Gasteiger partial charge on any atom is -0.370 e. The lowest BCUT2D eigenvalue weighted by molar-refractivity contribution is 0.0944. The molecule has 0 spiro atoms. The summed E-state index contributed by atoms with van der Waals surface area (Å²) in [6, 6.07) is 7.38. The van der Waals surface area contributed by atoms with Gasteiger partial charge in [0, 0.05) is 30.9 Å². The van der Waals surface area contributed by atoms with Crippen LogP contribution < -0.4 is 10.6 Å². The molecule has 0 aliphatic heterocycles. The Morgan fingerprint density at radius 1 is 1.29 bits per heavy atom. The molecule has 24 heavy (non-hydrogen) atoms. The Bertz CT molecular complexity index is 800. The van der Waals surface area contributed by atoms with Gasteiger partial charge in [-0.05, 0) is 24.8 Å². The Morgan fingerprint density at radius 2 is 2.21 bits per heavy atom. The zero-order valence-corrected chi connectivity index (χ0v) is 14.0. The predicted octanol–water partition coefficient (Wildman–Crippen LogP) is 2.73. The van der Waals surface area contributed by atoms with Crippen LogP contribution in [-0.2, 0) is 0 Å². The van der Waals surface area contributed by atoms with Gasteiger partial charge in [-0.15, -0.1) is 11.3 Å². The van der Waals surface area contributed by atoms with Gasteiger partial charge in [0.25, 0.3) is 5.91 Å². The van der Waals surface area contributed by atoms with E-state index in [0.29, 0.717) is 18.8 Å². The summed E-state index contributed by atoms with van der Waals surface area (Å²) in [6.45, 7) is 3.16. The summed E-state index contributed by atoms with van der Waals surface area (Å²) in [5.41, 5.74) is 1.20. The Morgan fingerprint density at radius 3 is 3.00 bits per heavy atom. The number of nitrogens with one attached hydrogen (secondary N) is 2. The zero-order chi connectivity index (χ0) is 16.8. The molecule has 0 saturated carbocycles. The highest BCUT2D eigenvalue weighted by atomic mass is 32.1. The van der Waals surface area contributed by atoms with E-state index in [4.69, 9.17) is 4.52 Å². The van der Waals surface area contributed by atoms with Crippen LogP contribution in [0.4, 0.5) is 5.82 Å². The van der Waals surface area contributed by atoms with Gasteiger partial charge in [-0.1, -0.05) is 11.2 Å². The van der Waals surface area contributed by atoms with Crippen LogP contribution in [-0.4, -0.2) is 34.1 Å². The standard InChI is InChI=1S/C16H17N5O2S/c1-11-8-15(20-10-19-11)17-5-3-6-18-16(22)12-9-13(23-21-12)14-4-2-7-24-14/h2,4,7-10H,3,5-6H2,1H3,(H,18,22)(H,17,19,20). The number of anilines is 1. The highest BCUT2D eigenvalue weighted by Gasteiger charge is 2.13. The lowest BCUT2D eigenvalue weighted by Crippen LogP contribution is -2.26. The van der Waals surface area contributed by atoms with E-state index in [1.54, 1.807) is 17.4 Å². The molecule has 3 aromatic rings. The van der Waals surface area contributed by atoms with Crippen LogP contribution in [0.5, 0.6) is 0 Å². The van der Waals surface area contributed by atoms with Crippen LogP contribution in [0.25, 0.3) is 10.6 Å². The van der Waals surface area contributed by atoms with Gasteiger partial charge in [0.15, 0.2) is 11.5 Å². The Labute approximate surface area is 143 Å². The first kappa shape index (κ1) is 16.1. The van der Waals surface area contributed by atoms with E-state index in [2.05, 4.69) is 25.8 Å². The van der Waals surface area contributed by atoms with Crippen molar-refractivity contribution < 1.29 is 9.32 Å². The van der Waals surface area contributed by atoms with Gasteiger partial charge < -0.3 is 15.2 Å². The van der Waals surface area contributed by atoms with Crippen molar-refractivity contribution in [1.29, 1.82) is 0 Å². The Kier molecular flexibility index (Phi) is 5.17. The van der Waals surface area contributed by atoms with Crippen molar-refractivity contribution >= 4 is 23.1 Å². The van der Waals surface area contributed by atoms with Gasteiger partial charge in [0.2, 0.25) is 0 Å². The lowest BCUT2D eigenvalue weighted by atomic mass is 10.3. The number of carbonyl (C=O) groups excluding carboxylic acids is 1. The van der Waals surface area contributed by atoms with E-state index in [0.717, 1.165) is 22.8 Å². The molecule has 0 aromatic carbocycles. The Balaban J connectivity index is 1.41. The third kappa shape index (κ3) is 4.17. The first-order valence-electron chi connectivity index (χ1n) is 7.54. The van der Waals surface area contributed by atoms with Crippen molar-refractivity contribution in [2.75, 3.05) is 18.4 Å². The third-order valence-electron chi connectivity index (χ3n) is 3.26. The first-order valence-corrected chi connectivity index (χ1v) is 8.41. The first-order chi connectivity index (χ1) is 11.7. The molecule has 0 unspecified atom stereocenters. The molecular weight excluding hydrogens is 326 g/mol. The number of hydrogen-bond donors (Lipinski definition) is 2. The summed E-state index contributed by atoms with van der Waals surface area (Å²) in [6.07, 6.45) is 2.29. The predicted molar refractivity (Wildman–Crippen MR) is 92.0 cm³/mol. The van der Waals surface area contributed by atoms with E-state index in [1.807, 2.05) is 30.5 Å². The van der Waals surface area contributed by atoms with E-state index >= 15 is 0 Å². The van der Waals surface area contributed by atoms with Gasteiger partial charge in [-0.2, -0.15) is 0 Å². The van der Waals surface area contributed by atoms with Crippen molar-refractivity contribution in [3.05, 3.63) is 47.4 Å². The summed E-state index contributed by atoms with van der Waals surface area (Å²) in [7, 11) is 0. The fourth-order valence-electron chi connectivity index (χ4n) is 2.07. The number of hydrogen-bond acceptors (Lipinski definition) is 7. The molecule has 124 valence electrons. The normalized spacial score (nSPS) is 10.5. The van der Waals surface area contributed by atoms with E-state index in [1.165, 1.54) is 6.33 Å². The number of carbonyl (C=O) groups is 1. The minimum absolute atomic E-state index is 0.237. The number of amides is 1. The van der Waals surface area contributed by atoms with E-state index in [9.17, 15) is 4.79 Å². The number of aryl methyl sites for hydroxylation is 1. The summed E-state index contributed by atoms with van der Waals surface area (Å²) in [4.78, 5) is 21.1. The van der Waals surface area contributed by atoms with Crippen molar-refractivity contribution in [3.63, 3.8) is 0 Å². The van der Waals surface area contributed by atoms with Gasteiger partial charge in [0.05, 0.1) is 4.88 Å². The number of nitrogens with zero attached hydrogens (tertiary/aromatic N) is 3. The van der Waals surface area contributed by atoms with Crippen LogP contribution in [0.1, 0.15) is 22.6 Å². The summed E-state index contributed by atoms with van der Waals surface area (Å²) in [5, 5.41) is 11.8. The molecule has 0 bridgehead atoms. The SMILES string of the molecule is Cc1cc(NCCCNC(=O)c2cc(-c3cccs3)on2)ncn1. The monoisotopic (exact) mass is 343 g/mol. The van der Waals surface area contributed by atoms with Gasteiger partial charge >= 0.3 is 0 Å². The second-order valence-electron chi connectivity index (χ2n) is 5.13. The molecule has 1 amide bonds. The smallest absolute Gasteiger partial charge is 0.273 e. The van der Waals surface area contributed by atoms with Crippen LogP contribution in [0.2, 0.25) is 0 Å². The molecule has 3 aromatic heterocycles. The Hall–Kier alpha value is -2.74. The maximum absolute atomic E-state index is 12.0. The average molecular weight is 343 g/mol. The van der Waals surface area contributed by atoms with Gasteiger partial charge in [0.1, 0.15) is 12.1 Å². The van der Waals surface area contributed by atoms with Crippen LogP contribution in [0.3, 0.4) is 0 Å². The average Bonchev–Trinajstić information content (AvgIpc) is 3.25. The molecule has 0 saturated heterocycles. The molecule has 3 rings (SSSR count). The highest BCUT2D eigenvalue weighted by Crippen LogP contribution is 2.24. The number of thiophene rings is 1. The zero-order valence-electron chi connectivity index (χ0n) is 13.2. The second-order valence-corrected chi connectivity index (χ2v) is 6.08. The molecule has 2 N–H and O–H groups in total. The molecule has 8 heteroatoms. The summed E-state index contributed by atoms with van der Waals surface area (Å²) in [5.74, 6) is 1.15. The second kappa shape index (κ2) is 7.69. The summed E-state index contributed by atoms with van der Waals surface area (Å²) >= 11 is 1.54. The van der Waals surface area contributed by atoms with Crippen molar-refractivity contribution in [2.45, 2.75) is 13.3 Å². The van der Waals surface area contributed by atoms with Crippen molar-refractivity contribution in [2.24, 2.45) is 0 Å². The van der Waals surface area contributed by atoms with Crippen molar-refractivity contribution in [1.82, 2.24) is 20.4 Å². The van der Waals surface area contributed by atoms with Gasteiger partial charge in [-0.25, -0.2) is 9.97 Å². The van der Waals surface area contributed by atoms with Crippen molar-refractivity contribution in [3.8, 4) is 10.6 Å². The maximum Gasteiger partial charge on any atom is 0.273 e. The molecular formula is C16H17N5O2S. The molecule has 0 fully saturated rings. The molecule has 3 heterocycles. The van der Waals surface area contributed by atoms with E-state index < -0.39 is 0 Å².